The van der Waals surface area contributed by atoms with Crippen LogP contribution in [0.1, 0.15) is 27.5 Å². The van der Waals surface area contributed by atoms with Gasteiger partial charge < -0.3 is 20.7 Å². The maximum absolute atomic E-state index is 12.7. The number of nitrogens with zero attached hydrogens (tertiary/aromatic N) is 1. The molecule has 0 aliphatic rings. The summed E-state index contributed by atoms with van der Waals surface area (Å²) < 4.78 is 1.40. The van der Waals surface area contributed by atoms with E-state index < -0.39 is 23.5 Å². The summed E-state index contributed by atoms with van der Waals surface area (Å²) in [5.41, 5.74) is 6.67. The third-order valence-electron chi connectivity index (χ3n) is 4.23. The molecule has 0 radical (unpaired) electrons. The Morgan fingerprint density at radius 3 is 2.46 bits per heavy atom. The maximum atomic E-state index is 12.7. The molecule has 28 heavy (non-hydrogen) atoms. The van der Waals surface area contributed by atoms with Gasteiger partial charge in [-0.05, 0) is 35.4 Å². The number of hydrogen-bond acceptors (Lipinski definition) is 4. The molecule has 3 rings (SSSR count). The Morgan fingerprint density at radius 1 is 1.04 bits per heavy atom. The number of carboxylic acid groups (broad SMARTS) is 1. The fraction of sp³-hybridized carbons (Fsp3) is 0.0952. The number of carbonyl (C=O) groups is 2. The van der Waals surface area contributed by atoms with Gasteiger partial charge in [-0.1, -0.05) is 42.5 Å². The average Bonchev–Trinajstić information content (AvgIpc) is 2.68. The molecule has 0 saturated carbocycles. The first kappa shape index (κ1) is 18.9. The van der Waals surface area contributed by atoms with Gasteiger partial charge in [0.1, 0.15) is 5.56 Å². The normalized spacial score (nSPS) is 11.6. The zero-order chi connectivity index (χ0) is 20.1. The first-order valence-corrected chi connectivity index (χ1v) is 8.58. The second-order valence-electron chi connectivity index (χ2n) is 6.26. The van der Waals surface area contributed by atoms with E-state index in [4.69, 9.17) is 5.73 Å². The highest BCUT2D eigenvalue weighted by Crippen LogP contribution is 2.17. The number of carboxylic acids is 1. The molecule has 4 N–H and O–H groups in total. The molecule has 0 spiro atoms. The molecule has 3 aromatic rings. The summed E-state index contributed by atoms with van der Waals surface area (Å²) in [7, 11) is 0. The minimum absolute atomic E-state index is 0.131. The quantitative estimate of drug-likeness (QED) is 0.569. The fourth-order valence-corrected chi connectivity index (χ4v) is 2.85. The van der Waals surface area contributed by atoms with Crippen molar-refractivity contribution in [2.75, 3.05) is 5.73 Å². The predicted octanol–water partition coefficient (Wildman–Crippen LogP) is 2.03. The number of nitrogens with two attached hydrogens (primary N) is 1. The highest BCUT2D eigenvalue weighted by molar-refractivity contribution is 5.96. The van der Waals surface area contributed by atoms with E-state index in [2.05, 4.69) is 5.32 Å². The Labute approximate surface area is 161 Å². The third kappa shape index (κ3) is 4.27. The highest BCUT2D eigenvalue weighted by Gasteiger charge is 2.24. The highest BCUT2D eigenvalue weighted by atomic mass is 16.4. The molecule has 0 bridgehead atoms. The van der Waals surface area contributed by atoms with Gasteiger partial charge >= 0.3 is 5.97 Å². The zero-order valence-corrected chi connectivity index (χ0v) is 14.9. The summed E-state index contributed by atoms with van der Waals surface area (Å²) in [5.74, 6) is -2.01. The van der Waals surface area contributed by atoms with Gasteiger partial charge in [-0.25, -0.2) is 4.79 Å². The first-order chi connectivity index (χ1) is 13.5. The number of benzene rings is 2. The number of carbonyl (C=O) groups excluding carboxylic acids is 1. The Morgan fingerprint density at radius 2 is 1.79 bits per heavy atom. The Kier molecular flexibility index (Phi) is 5.55. The molecule has 7 nitrogen and oxygen atoms in total. The van der Waals surface area contributed by atoms with Crippen LogP contribution in [-0.2, 0) is 11.3 Å². The summed E-state index contributed by atoms with van der Waals surface area (Å²) in [4.78, 5) is 36.9. The summed E-state index contributed by atoms with van der Waals surface area (Å²) >= 11 is 0. The average molecular weight is 377 g/mol. The molecule has 0 saturated heterocycles. The van der Waals surface area contributed by atoms with Gasteiger partial charge in [0, 0.05) is 11.9 Å². The second-order valence-corrected chi connectivity index (χ2v) is 6.26. The first-order valence-electron chi connectivity index (χ1n) is 8.58. The second kappa shape index (κ2) is 8.22. The lowest BCUT2D eigenvalue weighted by molar-refractivity contribution is -0.139. The molecule has 0 unspecified atom stereocenters. The molecule has 2 aromatic carbocycles. The number of rotatable bonds is 6. The number of amides is 1. The SMILES string of the molecule is Nc1cccc([C@H](NC(=O)c2cccn(Cc3ccccc3)c2=O)C(=O)O)c1. The Hall–Kier alpha value is -3.87. The van der Waals surface area contributed by atoms with E-state index in [0.717, 1.165) is 5.56 Å². The topological polar surface area (TPSA) is 114 Å². The van der Waals surface area contributed by atoms with Crippen molar-refractivity contribution in [1.82, 2.24) is 9.88 Å². The van der Waals surface area contributed by atoms with Gasteiger partial charge in [0.25, 0.3) is 11.5 Å². The lowest BCUT2D eigenvalue weighted by atomic mass is 10.1. The van der Waals surface area contributed by atoms with E-state index in [9.17, 15) is 19.5 Å². The molecule has 1 aromatic heterocycles. The molecule has 0 fully saturated rings. The van der Waals surface area contributed by atoms with Crippen LogP contribution < -0.4 is 16.6 Å². The molecular formula is C21H19N3O4. The van der Waals surface area contributed by atoms with E-state index in [0.29, 0.717) is 17.8 Å². The number of anilines is 1. The molecule has 7 heteroatoms. The van der Waals surface area contributed by atoms with Crippen LogP contribution >= 0.6 is 0 Å². The molecule has 1 heterocycles. The van der Waals surface area contributed by atoms with Crippen LogP contribution in [0.25, 0.3) is 0 Å². The van der Waals surface area contributed by atoms with Crippen molar-refractivity contribution in [2.24, 2.45) is 0 Å². The lowest BCUT2D eigenvalue weighted by Gasteiger charge is -2.16. The van der Waals surface area contributed by atoms with Crippen molar-refractivity contribution < 1.29 is 14.7 Å². The van der Waals surface area contributed by atoms with E-state index >= 15 is 0 Å². The number of pyridine rings is 1. The van der Waals surface area contributed by atoms with Crippen molar-refractivity contribution in [3.63, 3.8) is 0 Å². The van der Waals surface area contributed by atoms with Crippen LogP contribution in [0.15, 0.2) is 77.7 Å². The summed E-state index contributed by atoms with van der Waals surface area (Å²) in [6.07, 6.45) is 1.58. The molecule has 1 amide bonds. The van der Waals surface area contributed by atoms with E-state index in [1.807, 2.05) is 30.3 Å². The molecule has 142 valence electrons. The van der Waals surface area contributed by atoms with Crippen molar-refractivity contribution in [1.29, 1.82) is 0 Å². The molecule has 1 atom stereocenters. The standard InChI is InChI=1S/C21H19N3O4/c22-16-9-4-8-15(12-16)18(21(27)28)23-19(25)17-10-5-11-24(20(17)26)13-14-6-2-1-3-7-14/h1-12,18H,13,22H2,(H,23,25)(H,27,28)/t18-/m0/s1. The van der Waals surface area contributed by atoms with E-state index in [1.165, 1.54) is 16.7 Å². The van der Waals surface area contributed by atoms with E-state index in [1.54, 1.807) is 30.5 Å². The summed E-state index contributed by atoms with van der Waals surface area (Å²) in [6.45, 7) is 0.304. The van der Waals surface area contributed by atoms with Crippen LogP contribution in [0.5, 0.6) is 0 Å². The predicted molar refractivity (Wildman–Crippen MR) is 105 cm³/mol. The van der Waals surface area contributed by atoms with Crippen molar-refractivity contribution in [2.45, 2.75) is 12.6 Å². The fourth-order valence-electron chi connectivity index (χ4n) is 2.85. The molecule has 0 aliphatic carbocycles. The number of aliphatic carboxylic acids is 1. The van der Waals surface area contributed by atoms with Crippen molar-refractivity contribution in [3.8, 4) is 0 Å². The third-order valence-corrected chi connectivity index (χ3v) is 4.23. The van der Waals surface area contributed by atoms with E-state index in [-0.39, 0.29) is 5.56 Å². The summed E-state index contributed by atoms with van der Waals surface area (Å²) in [6, 6.07) is 17.2. The van der Waals surface area contributed by atoms with Gasteiger partial charge in [-0.15, -0.1) is 0 Å². The Bertz CT molecular complexity index is 1060. The lowest BCUT2D eigenvalue weighted by Crippen LogP contribution is -2.38. The smallest absolute Gasteiger partial charge is 0.330 e. The van der Waals surface area contributed by atoms with Gasteiger partial charge in [0.05, 0.1) is 6.54 Å². The van der Waals surface area contributed by atoms with Gasteiger partial charge in [0.2, 0.25) is 0 Å². The summed E-state index contributed by atoms with van der Waals surface area (Å²) in [5, 5.41) is 11.9. The number of aromatic nitrogens is 1. The largest absolute Gasteiger partial charge is 0.479 e. The van der Waals surface area contributed by atoms with Crippen LogP contribution in [0.2, 0.25) is 0 Å². The van der Waals surface area contributed by atoms with Crippen molar-refractivity contribution >= 4 is 17.6 Å². The zero-order valence-electron chi connectivity index (χ0n) is 14.9. The minimum Gasteiger partial charge on any atom is -0.479 e. The van der Waals surface area contributed by atoms with Gasteiger partial charge in [-0.3, -0.25) is 9.59 Å². The number of nitrogens with one attached hydrogen (secondary N) is 1. The van der Waals surface area contributed by atoms with Crippen LogP contribution in [0.3, 0.4) is 0 Å². The number of nitrogen functional groups attached to an aromatic ring is 1. The Balaban J connectivity index is 1.86. The number of hydrogen-bond donors (Lipinski definition) is 3. The van der Waals surface area contributed by atoms with Crippen LogP contribution in [-0.4, -0.2) is 21.6 Å². The van der Waals surface area contributed by atoms with Gasteiger partial charge in [-0.2, -0.15) is 0 Å². The van der Waals surface area contributed by atoms with Gasteiger partial charge in [0.15, 0.2) is 6.04 Å². The van der Waals surface area contributed by atoms with Crippen molar-refractivity contribution in [3.05, 3.63) is 100.0 Å². The van der Waals surface area contributed by atoms with Crippen LogP contribution in [0.4, 0.5) is 5.69 Å². The maximum Gasteiger partial charge on any atom is 0.330 e. The van der Waals surface area contributed by atoms with Crippen LogP contribution in [0, 0.1) is 0 Å². The minimum atomic E-state index is -1.32. The monoisotopic (exact) mass is 377 g/mol. The molecular weight excluding hydrogens is 358 g/mol. The molecule has 0 aliphatic heterocycles.